The number of carbonyl (C=O) groups is 2. The molecule has 0 aliphatic heterocycles. The molecular formula is C31H38N5O6S2+. The fourth-order valence-corrected chi connectivity index (χ4v) is 6.12. The molecule has 2 amide bonds. The summed E-state index contributed by atoms with van der Waals surface area (Å²) >= 11 is 1.23. The zero-order valence-electron chi connectivity index (χ0n) is 25.8. The number of nitrogens with two attached hydrogens (primary N) is 1. The van der Waals surface area contributed by atoms with Crippen molar-refractivity contribution in [3.8, 4) is 5.75 Å². The summed E-state index contributed by atoms with van der Waals surface area (Å²) in [6.07, 6.45) is 2.58. The first-order valence-electron chi connectivity index (χ1n) is 13.8. The number of sulfonamides is 1. The van der Waals surface area contributed by atoms with E-state index in [1.54, 1.807) is 49.6 Å². The molecule has 0 saturated heterocycles. The van der Waals surface area contributed by atoms with Gasteiger partial charge in [-0.15, -0.1) is 11.3 Å². The van der Waals surface area contributed by atoms with Gasteiger partial charge in [-0.05, 0) is 53.6 Å². The minimum absolute atomic E-state index is 0.185. The van der Waals surface area contributed by atoms with Crippen LogP contribution < -0.4 is 25.4 Å². The molecule has 2 aromatic carbocycles. The monoisotopic (exact) mass is 640 g/mol. The van der Waals surface area contributed by atoms with Gasteiger partial charge in [-0.2, -0.15) is 0 Å². The minimum Gasteiger partial charge on any atom is -0.492 e. The lowest BCUT2D eigenvalue weighted by Gasteiger charge is -2.23. The maximum absolute atomic E-state index is 13.5. The Labute approximate surface area is 261 Å². The third-order valence-electron chi connectivity index (χ3n) is 6.65. The first-order chi connectivity index (χ1) is 20.7. The summed E-state index contributed by atoms with van der Waals surface area (Å²) in [5.74, 6) is 0.217. The van der Waals surface area contributed by atoms with Gasteiger partial charge < -0.3 is 20.1 Å². The van der Waals surface area contributed by atoms with Crippen molar-refractivity contribution < 1.29 is 32.8 Å². The predicted octanol–water partition coefficient (Wildman–Crippen LogP) is 4.71. The molecule has 2 heterocycles. The van der Waals surface area contributed by atoms with Crippen LogP contribution in [-0.2, 0) is 20.2 Å². The van der Waals surface area contributed by atoms with Crippen LogP contribution in [0.25, 0.3) is 10.1 Å². The average Bonchev–Trinajstić information content (AvgIpc) is 3.38. The molecule has 0 spiro atoms. The molecule has 4 rings (SSSR count). The van der Waals surface area contributed by atoms with E-state index in [9.17, 15) is 18.0 Å². The quantitative estimate of drug-likeness (QED) is 0.185. The number of thiophene rings is 1. The van der Waals surface area contributed by atoms with Crippen LogP contribution in [0, 0.1) is 0 Å². The molecule has 0 fully saturated rings. The number of nitrogens with zero attached hydrogens (tertiary/aromatic N) is 1. The van der Waals surface area contributed by atoms with Crippen molar-refractivity contribution in [3.63, 3.8) is 0 Å². The van der Waals surface area contributed by atoms with E-state index < -0.39 is 15.9 Å². The van der Waals surface area contributed by atoms with Crippen LogP contribution in [0.5, 0.6) is 5.75 Å². The molecular weight excluding hydrogens is 603 g/mol. The van der Waals surface area contributed by atoms with Gasteiger partial charge in [0.25, 0.3) is 11.8 Å². The maximum Gasteiger partial charge on any atom is 0.265 e. The first kappa shape index (κ1) is 32.9. The second kappa shape index (κ2) is 13.3. The highest BCUT2D eigenvalue weighted by Gasteiger charge is 2.23. The van der Waals surface area contributed by atoms with E-state index in [4.69, 9.17) is 9.47 Å². The van der Waals surface area contributed by atoms with Crippen molar-refractivity contribution in [2.24, 2.45) is 0 Å². The number of nitrogens with one attached hydrogen (secondary N) is 3. The normalized spacial score (nSPS) is 12.5. The Hall–Kier alpha value is -4.04. The van der Waals surface area contributed by atoms with Crippen LogP contribution >= 0.6 is 11.3 Å². The predicted molar refractivity (Wildman–Crippen MR) is 175 cm³/mol. The van der Waals surface area contributed by atoms with Crippen LogP contribution in [0.3, 0.4) is 0 Å². The number of aromatic nitrogens is 1. The number of hydrogen-bond donors (Lipinski definition) is 4. The fourth-order valence-electron chi connectivity index (χ4n) is 4.54. The van der Waals surface area contributed by atoms with Crippen molar-refractivity contribution in [1.29, 1.82) is 0 Å². The lowest BCUT2D eigenvalue weighted by atomic mass is 9.86. The second-order valence-electron chi connectivity index (χ2n) is 11.5. The number of quaternary nitrogens is 1. The Morgan fingerprint density at radius 3 is 2.32 bits per heavy atom. The number of methoxy groups -OCH3 is 2. The number of amides is 2. The summed E-state index contributed by atoms with van der Waals surface area (Å²) in [4.78, 5) is 31.4. The number of anilines is 3. The van der Waals surface area contributed by atoms with Crippen molar-refractivity contribution in [3.05, 3.63) is 70.7 Å². The van der Waals surface area contributed by atoms with E-state index in [-0.39, 0.29) is 28.8 Å². The Kier molecular flexibility index (Phi) is 9.94. The summed E-state index contributed by atoms with van der Waals surface area (Å²) in [6.45, 7) is 8.55. The van der Waals surface area contributed by atoms with Crippen molar-refractivity contribution in [2.45, 2.75) is 39.2 Å². The molecule has 1 atom stereocenters. The third kappa shape index (κ3) is 8.11. The average molecular weight is 641 g/mol. The standard InChI is InChI=1S/C31H37N5O6S2/c1-18(17-41-5)33-26-12-11-20(16-32-26)29(37)34-22-10-8-9-19-13-25(43-28(19)22)30(38)35-23-14-21(31(2,3)4)15-24(27(23)42-6)36-44(7,39)40/h8-16,18,36H,17H2,1-7H3,(H,32,33)(H,34,37)(H,35,38)/p+1/t18-/m0/s1. The number of rotatable bonds is 11. The van der Waals surface area contributed by atoms with E-state index in [2.05, 4.69) is 20.3 Å². The second-order valence-corrected chi connectivity index (χ2v) is 14.3. The summed E-state index contributed by atoms with van der Waals surface area (Å²) in [5.41, 5.74) is 1.97. The Morgan fingerprint density at radius 2 is 1.70 bits per heavy atom. The number of benzene rings is 2. The number of hydrogen-bond acceptors (Lipinski definition) is 8. The molecule has 0 aliphatic carbocycles. The van der Waals surface area contributed by atoms with Gasteiger partial charge in [0.2, 0.25) is 15.8 Å². The zero-order valence-corrected chi connectivity index (χ0v) is 27.4. The summed E-state index contributed by atoms with van der Waals surface area (Å²) in [6, 6.07) is 14.4. The molecule has 0 unspecified atom stereocenters. The van der Waals surface area contributed by atoms with E-state index in [0.717, 1.165) is 27.7 Å². The van der Waals surface area contributed by atoms with Crippen LogP contribution in [0.1, 0.15) is 53.3 Å². The van der Waals surface area contributed by atoms with Gasteiger partial charge in [0, 0.05) is 19.4 Å². The third-order valence-corrected chi connectivity index (χ3v) is 8.43. The lowest BCUT2D eigenvalue weighted by Crippen LogP contribution is -2.85. The summed E-state index contributed by atoms with van der Waals surface area (Å²) < 4.78 is 38.0. The van der Waals surface area contributed by atoms with Gasteiger partial charge in [-0.25, -0.2) is 13.4 Å². The highest BCUT2D eigenvalue weighted by atomic mass is 32.2. The van der Waals surface area contributed by atoms with Gasteiger partial charge in [-0.3, -0.25) is 19.6 Å². The number of fused-ring (bicyclic) bond motifs is 1. The van der Waals surface area contributed by atoms with E-state index in [0.29, 0.717) is 28.4 Å². The van der Waals surface area contributed by atoms with Crippen LogP contribution in [-0.4, -0.2) is 58.3 Å². The van der Waals surface area contributed by atoms with Crippen molar-refractivity contribution >= 4 is 66.1 Å². The fraction of sp³-hybridized carbons (Fsp3) is 0.323. The van der Waals surface area contributed by atoms with E-state index in [1.807, 2.05) is 39.1 Å². The van der Waals surface area contributed by atoms with Gasteiger partial charge in [0.15, 0.2) is 5.75 Å². The number of ether oxygens (including phenoxy) is 2. The van der Waals surface area contributed by atoms with Crippen LogP contribution in [0.4, 0.5) is 22.9 Å². The van der Waals surface area contributed by atoms with Gasteiger partial charge in [0.1, 0.15) is 6.04 Å². The number of pyridine rings is 1. The smallest absolute Gasteiger partial charge is 0.265 e. The molecule has 5 N–H and O–H groups in total. The SMILES string of the molecule is COC[C@H](C)[NH2+]c1ccc(C(=O)Nc2cccc3cc(C(=O)Nc4cc(C(C)(C)C)cc(NS(C)(=O)=O)c4OC)sc23)cn1. The minimum atomic E-state index is -3.62. The zero-order chi connectivity index (χ0) is 32.2. The molecule has 0 aliphatic rings. The maximum atomic E-state index is 13.5. The Bertz CT molecular complexity index is 1780. The number of carbonyl (C=O) groups excluding carboxylic acids is 2. The molecule has 11 nitrogen and oxygen atoms in total. The highest BCUT2D eigenvalue weighted by Crippen LogP contribution is 2.40. The largest absolute Gasteiger partial charge is 0.492 e. The summed E-state index contributed by atoms with van der Waals surface area (Å²) in [5, 5.41) is 8.59. The van der Waals surface area contributed by atoms with E-state index in [1.165, 1.54) is 24.6 Å². The van der Waals surface area contributed by atoms with Gasteiger partial charge in [0.05, 0.1) is 52.2 Å². The van der Waals surface area contributed by atoms with Crippen LogP contribution in [0.2, 0.25) is 0 Å². The lowest BCUT2D eigenvalue weighted by molar-refractivity contribution is -0.613. The Balaban J connectivity index is 1.59. The van der Waals surface area contributed by atoms with Crippen molar-refractivity contribution in [2.75, 3.05) is 42.4 Å². The Morgan fingerprint density at radius 1 is 1.00 bits per heavy atom. The highest BCUT2D eigenvalue weighted by molar-refractivity contribution is 7.92. The van der Waals surface area contributed by atoms with Gasteiger partial charge in [-0.1, -0.05) is 32.9 Å². The molecule has 0 radical (unpaired) electrons. The molecule has 234 valence electrons. The molecule has 44 heavy (non-hydrogen) atoms. The molecule has 0 saturated carbocycles. The van der Waals surface area contributed by atoms with E-state index >= 15 is 0 Å². The molecule has 13 heteroatoms. The topological polar surface area (TPSA) is 152 Å². The van der Waals surface area contributed by atoms with Crippen molar-refractivity contribution in [1.82, 2.24) is 4.98 Å². The van der Waals surface area contributed by atoms with Crippen LogP contribution in [0.15, 0.2) is 54.7 Å². The molecule has 4 aromatic rings. The van der Waals surface area contributed by atoms with Gasteiger partial charge >= 0.3 is 0 Å². The summed E-state index contributed by atoms with van der Waals surface area (Å²) in [7, 11) is -0.559. The first-order valence-corrected chi connectivity index (χ1v) is 16.5. The molecule has 2 aromatic heterocycles. The molecule has 0 bridgehead atoms.